The van der Waals surface area contributed by atoms with Crippen LogP contribution in [0.25, 0.3) is 16.9 Å². The van der Waals surface area contributed by atoms with Gasteiger partial charge in [-0.2, -0.15) is 5.10 Å². The van der Waals surface area contributed by atoms with Crippen LogP contribution in [-0.4, -0.2) is 33.9 Å². The first-order chi connectivity index (χ1) is 19.2. The van der Waals surface area contributed by atoms with Crippen LogP contribution < -0.4 is 15.8 Å². The Morgan fingerprint density at radius 2 is 1.90 bits per heavy atom. The molecule has 208 valence electrons. The van der Waals surface area contributed by atoms with E-state index in [9.17, 15) is 4.79 Å². The molecule has 0 fully saturated rings. The Kier molecular flexibility index (Phi) is 8.35. The lowest BCUT2D eigenvalue weighted by molar-refractivity contribution is 0.245. The fourth-order valence-electron chi connectivity index (χ4n) is 5.06. The fourth-order valence-corrected chi connectivity index (χ4v) is 5.43. The van der Waals surface area contributed by atoms with Gasteiger partial charge in [-0.05, 0) is 60.4 Å². The highest BCUT2D eigenvalue weighted by Gasteiger charge is 2.28. The first-order valence-corrected chi connectivity index (χ1v) is 14.1. The predicted octanol–water partition coefficient (Wildman–Crippen LogP) is 7.24. The van der Waals surface area contributed by atoms with E-state index in [0.29, 0.717) is 41.3 Å². The number of nitrogens with two attached hydrogens (primary N) is 1. The minimum absolute atomic E-state index is 0.385. The highest BCUT2D eigenvalue weighted by molar-refractivity contribution is 6.33. The van der Waals surface area contributed by atoms with Crippen molar-refractivity contribution < 1.29 is 9.53 Å². The summed E-state index contributed by atoms with van der Waals surface area (Å²) in [6, 6.07) is 18.7. The molecule has 0 saturated carbocycles. The van der Waals surface area contributed by atoms with Crippen LogP contribution in [0.5, 0.6) is 5.75 Å². The zero-order valence-electron chi connectivity index (χ0n) is 22.9. The topological polar surface area (TPSA) is 85.4 Å². The molecule has 4 aromatic rings. The molecule has 0 atom stereocenters. The molecule has 5 rings (SSSR count). The molecule has 1 aliphatic rings. The van der Waals surface area contributed by atoms with E-state index in [4.69, 9.17) is 38.8 Å². The van der Waals surface area contributed by atoms with E-state index in [2.05, 4.69) is 37.1 Å². The van der Waals surface area contributed by atoms with Crippen LogP contribution in [0.3, 0.4) is 0 Å². The lowest BCUT2D eigenvalue weighted by atomic mass is 9.99. The highest BCUT2D eigenvalue weighted by atomic mass is 35.5. The Morgan fingerprint density at radius 1 is 1.12 bits per heavy atom. The molecule has 40 heavy (non-hydrogen) atoms. The number of ether oxygens (including phenoxy) is 1. The number of carbonyl (C=O) groups is 1. The van der Waals surface area contributed by atoms with Crippen LogP contribution in [0, 0.1) is 12.8 Å². The van der Waals surface area contributed by atoms with Gasteiger partial charge in [0.25, 0.3) is 0 Å². The molecule has 0 bridgehead atoms. The summed E-state index contributed by atoms with van der Waals surface area (Å²) in [6.07, 6.45) is 0.795. The number of anilines is 1. The molecule has 9 heteroatoms. The van der Waals surface area contributed by atoms with Gasteiger partial charge in [-0.15, -0.1) is 0 Å². The minimum atomic E-state index is -0.600. The van der Waals surface area contributed by atoms with E-state index in [0.717, 1.165) is 58.0 Å². The Hall–Kier alpha value is -3.52. The third-order valence-electron chi connectivity index (χ3n) is 6.93. The molecule has 0 aliphatic carbocycles. The zero-order chi connectivity index (χ0) is 28.4. The average molecular weight is 579 g/mol. The second kappa shape index (κ2) is 11.9. The number of para-hydroxylation sites is 1. The molecule has 1 aromatic heterocycles. The van der Waals surface area contributed by atoms with Gasteiger partial charge in [-0.1, -0.05) is 61.3 Å². The van der Waals surface area contributed by atoms with Gasteiger partial charge < -0.3 is 15.8 Å². The monoisotopic (exact) mass is 577 g/mol. The molecule has 3 N–H and O–H groups in total. The summed E-state index contributed by atoms with van der Waals surface area (Å²) < 4.78 is 8.31. The van der Waals surface area contributed by atoms with E-state index < -0.39 is 6.03 Å². The van der Waals surface area contributed by atoms with Crippen molar-refractivity contribution >= 4 is 34.9 Å². The largest absolute Gasteiger partial charge is 0.491 e. The molecule has 2 amide bonds. The van der Waals surface area contributed by atoms with Crippen molar-refractivity contribution in [2.75, 3.05) is 18.5 Å². The van der Waals surface area contributed by atoms with E-state index in [1.807, 2.05) is 59.3 Å². The van der Waals surface area contributed by atoms with Crippen LogP contribution in [0.4, 0.5) is 10.5 Å². The second-order valence-corrected chi connectivity index (χ2v) is 11.4. The number of hydrogen-bond donors (Lipinski definition) is 2. The van der Waals surface area contributed by atoms with Crippen molar-refractivity contribution in [1.29, 1.82) is 0 Å². The first kappa shape index (κ1) is 28.0. The number of aryl methyl sites for hydroxylation is 1. The number of urea groups is 1. The maximum atomic E-state index is 11.4. The number of amides is 2. The minimum Gasteiger partial charge on any atom is -0.491 e. The smallest absolute Gasteiger partial charge is 0.316 e. The summed E-state index contributed by atoms with van der Waals surface area (Å²) in [5.41, 5.74) is 13.1. The summed E-state index contributed by atoms with van der Waals surface area (Å²) in [5, 5.41) is 9.18. The molecular weight excluding hydrogens is 545 g/mol. The molecule has 7 nitrogen and oxygen atoms in total. The quantitative estimate of drug-likeness (QED) is 0.231. The third-order valence-corrected chi connectivity index (χ3v) is 7.53. The Bertz CT molecular complexity index is 1530. The number of nitrogens with one attached hydrogen (secondary N) is 1. The van der Waals surface area contributed by atoms with Gasteiger partial charge in [0.2, 0.25) is 0 Å². The number of carbonyl (C=O) groups excluding carboxylic acids is 1. The van der Waals surface area contributed by atoms with Gasteiger partial charge in [0.05, 0.1) is 18.0 Å². The number of halogens is 2. The highest BCUT2D eigenvalue weighted by Crippen LogP contribution is 2.38. The first-order valence-electron chi connectivity index (χ1n) is 13.4. The van der Waals surface area contributed by atoms with E-state index >= 15 is 0 Å². The predicted molar refractivity (Wildman–Crippen MR) is 162 cm³/mol. The Labute approximate surface area is 244 Å². The van der Waals surface area contributed by atoms with Gasteiger partial charge in [0.1, 0.15) is 11.4 Å². The standard InChI is InChI=1S/C31H33Cl2N5O2/c1-19(2)18-40-28-6-4-5-20(3)29(28)38-30(21-7-10-24(11-8-21)35-31(34)39)25-17-37(14-13-27(25)36-38)16-22-15-23(32)9-12-26(22)33/h4-12,15,19H,13-14,16-18H2,1-3H3,(H3,34,35,39). The van der Waals surface area contributed by atoms with Crippen LogP contribution in [0.15, 0.2) is 60.7 Å². The number of fused-ring (bicyclic) bond motifs is 1. The average Bonchev–Trinajstić information content (AvgIpc) is 3.28. The van der Waals surface area contributed by atoms with Crippen LogP contribution in [0.1, 0.15) is 36.2 Å². The van der Waals surface area contributed by atoms with Gasteiger partial charge in [-0.25, -0.2) is 9.48 Å². The van der Waals surface area contributed by atoms with Crippen molar-refractivity contribution in [3.8, 4) is 22.7 Å². The number of hydrogen-bond acceptors (Lipinski definition) is 4. The number of nitrogens with zero attached hydrogens (tertiary/aromatic N) is 3. The lowest BCUT2D eigenvalue weighted by Crippen LogP contribution is -2.30. The Morgan fingerprint density at radius 3 is 2.62 bits per heavy atom. The van der Waals surface area contributed by atoms with Crippen LogP contribution in [-0.2, 0) is 19.5 Å². The van der Waals surface area contributed by atoms with Crippen molar-refractivity contribution in [3.05, 3.63) is 93.1 Å². The van der Waals surface area contributed by atoms with Crippen molar-refractivity contribution in [3.63, 3.8) is 0 Å². The van der Waals surface area contributed by atoms with Gasteiger partial charge >= 0.3 is 6.03 Å². The van der Waals surface area contributed by atoms with Gasteiger partial charge in [-0.3, -0.25) is 4.90 Å². The molecule has 0 saturated heterocycles. The van der Waals surface area contributed by atoms with Crippen molar-refractivity contribution in [2.24, 2.45) is 11.7 Å². The molecule has 0 radical (unpaired) electrons. The number of primary amides is 1. The maximum absolute atomic E-state index is 11.4. The molecule has 2 heterocycles. The van der Waals surface area contributed by atoms with E-state index in [-0.39, 0.29) is 0 Å². The normalized spacial score (nSPS) is 13.3. The van der Waals surface area contributed by atoms with Crippen LogP contribution >= 0.6 is 23.2 Å². The molecule has 3 aromatic carbocycles. The molecule has 0 unspecified atom stereocenters. The summed E-state index contributed by atoms with van der Waals surface area (Å²) in [6.45, 7) is 9.18. The SMILES string of the molecule is Cc1cccc(OCC(C)C)c1-n1nc2c(c1-c1ccc(NC(N)=O)cc1)CN(Cc1cc(Cl)ccc1Cl)CC2. The van der Waals surface area contributed by atoms with Gasteiger partial charge in [0.15, 0.2) is 0 Å². The van der Waals surface area contributed by atoms with E-state index in [1.165, 1.54) is 0 Å². The number of rotatable bonds is 8. The van der Waals surface area contributed by atoms with E-state index in [1.54, 1.807) is 0 Å². The fraction of sp³-hybridized carbons (Fsp3) is 0.290. The lowest BCUT2D eigenvalue weighted by Gasteiger charge is -2.27. The summed E-state index contributed by atoms with van der Waals surface area (Å²) in [5.74, 6) is 1.18. The third kappa shape index (κ3) is 6.12. The number of benzene rings is 3. The maximum Gasteiger partial charge on any atom is 0.316 e. The number of aromatic nitrogens is 2. The van der Waals surface area contributed by atoms with Crippen molar-refractivity contribution in [1.82, 2.24) is 14.7 Å². The second-order valence-electron chi connectivity index (χ2n) is 10.6. The molecule has 0 spiro atoms. The summed E-state index contributed by atoms with van der Waals surface area (Å²) in [4.78, 5) is 13.8. The Balaban J connectivity index is 1.60. The summed E-state index contributed by atoms with van der Waals surface area (Å²) >= 11 is 12.8. The summed E-state index contributed by atoms with van der Waals surface area (Å²) in [7, 11) is 0. The van der Waals surface area contributed by atoms with Gasteiger partial charge in [0, 0.05) is 52.9 Å². The molecular formula is C31H33Cl2N5O2. The van der Waals surface area contributed by atoms with Crippen LogP contribution in [0.2, 0.25) is 10.0 Å². The molecule has 1 aliphatic heterocycles. The zero-order valence-corrected chi connectivity index (χ0v) is 24.4. The van der Waals surface area contributed by atoms with Crippen molar-refractivity contribution in [2.45, 2.75) is 40.3 Å².